The molecule has 0 saturated carbocycles. The Balaban J connectivity index is 5.96. The molecule has 9 heteroatoms. The molecule has 0 aromatic heterocycles. The standard InChI is InChI=1S/C18H44O5Si4/c1-15(19)17(22-26(8,9)10)18(23-27(11,12)13)16(21-25(5,6)7)14-20-24(2,3)4/h16-18H,14H2,1-13H3/t16-,17-,18+/m1/s1. The number of hydrogen-bond acceptors (Lipinski definition) is 5. The minimum atomic E-state index is -1.95. The number of hydrogen-bond donors (Lipinski definition) is 0. The van der Waals surface area contributed by atoms with E-state index in [4.69, 9.17) is 17.7 Å². The number of Topliss-reactive ketones (excluding diaryl/α,β-unsaturated/α-hetero) is 1. The number of carbonyl (C=O) groups is 1. The van der Waals surface area contributed by atoms with Crippen molar-refractivity contribution in [1.82, 2.24) is 0 Å². The fourth-order valence-electron chi connectivity index (χ4n) is 2.49. The van der Waals surface area contributed by atoms with Gasteiger partial charge in [0.15, 0.2) is 39.1 Å². The third kappa shape index (κ3) is 14.1. The van der Waals surface area contributed by atoms with Gasteiger partial charge in [-0.3, -0.25) is 4.79 Å². The Kier molecular flexibility index (Phi) is 10.1. The van der Waals surface area contributed by atoms with Crippen LogP contribution in [0, 0.1) is 0 Å². The average molecular weight is 453 g/mol. The van der Waals surface area contributed by atoms with Crippen LogP contribution in [-0.2, 0) is 22.5 Å². The van der Waals surface area contributed by atoms with E-state index in [-0.39, 0.29) is 11.9 Å². The monoisotopic (exact) mass is 452 g/mol. The van der Waals surface area contributed by atoms with E-state index in [2.05, 4.69) is 78.6 Å². The molecule has 0 aliphatic rings. The Morgan fingerprint density at radius 3 is 1.37 bits per heavy atom. The van der Waals surface area contributed by atoms with Gasteiger partial charge in [0.2, 0.25) is 0 Å². The van der Waals surface area contributed by atoms with Gasteiger partial charge in [-0.15, -0.1) is 0 Å². The molecule has 0 rings (SSSR count). The van der Waals surface area contributed by atoms with Crippen molar-refractivity contribution in [1.29, 1.82) is 0 Å². The van der Waals surface area contributed by atoms with Crippen LogP contribution < -0.4 is 0 Å². The van der Waals surface area contributed by atoms with E-state index in [9.17, 15) is 4.79 Å². The lowest BCUT2D eigenvalue weighted by Gasteiger charge is -2.41. The quantitative estimate of drug-likeness (QED) is 0.386. The molecule has 0 aliphatic heterocycles. The van der Waals surface area contributed by atoms with E-state index in [0.29, 0.717) is 6.61 Å². The number of carbonyl (C=O) groups excluding carboxylic acids is 1. The summed E-state index contributed by atoms with van der Waals surface area (Å²) in [6.45, 7) is 27.7. The van der Waals surface area contributed by atoms with Crippen molar-refractivity contribution in [2.75, 3.05) is 6.61 Å². The fraction of sp³-hybridized carbons (Fsp3) is 0.944. The zero-order chi connectivity index (χ0) is 21.8. The van der Waals surface area contributed by atoms with Gasteiger partial charge in [-0.2, -0.15) is 0 Å². The van der Waals surface area contributed by atoms with Crippen molar-refractivity contribution in [3.05, 3.63) is 0 Å². The molecule has 0 aromatic rings. The zero-order valence-electron chi connectivity index (χ0n) is 20.0. The highest BCUT2D eigenvalue weighted by atomic mass is 28.4. The first-order valence-electron chi connectivity index (χ1n) is 9.88. The topological polar surface area (TPSA) is 54.0 Å². The summed E-state index contributed by atoms with van der Waals surface area (Å²) in [6.07, 6.45) is -1.36. The van der Waals surface area contributed by atoms with Gasteiger partial charge < -0.3 is 17.7 Å². The summed E-state index contributed by atoms with van der Waals surface area (Å²) in [7, 11) is -7.50. The molecule has 27 heavy (non-hydrogen) atoms. The van der Waals surface area contributed by atoms with E-state index in [1.165, 1.54) is 0 Å². The van der Waals surface area contributed by atoms with Gasteiger partial charge in [0, 0.05) is 0 Å². The van der Waals surface area contributed by atoms with Crippen molar-refractivity contribution < 1.29 is 22.5 Å². The molecular weight excluding hydrogens is 409 g/mol. The number of rotatable bonds is 12. The molecular formula is C18H44O5Si4. The van der Waals surface area contributed by atoms with Crippen molar-refractivity contribution in [2.45, 2.75) is 104 Å². The highest BCUT2D eigenvalue weighted by molar-refractivity contribution is 6.71. The van der Waals surface area contributed by atoms with Crippen LogP contribution in [0.25, 0.3) is 0 Å². The van der Waals surface area contributed by atoms with Crippen LogP contribution in [0.3, 0.4) is 0 Å². The lowest BCUT2D eigenvalue weighted by Crippen LogP contribution is -2.56. The summed E-state index contributed by atoms with van der Waals surface area (Å²) in [5, 5.41) is 0. The van der Waals surface area contributed by atoms with Crippen molar-refractivity contribution >= 4 is 39.1 Å². The van der Waals surface area contributed by atoms with E-state index < -0.39 is 45.5 Å². The summed E-state index contributed by atoms with van der Waals surface area (Å²) in [4.78, 5) is 12.6. The van der Waals surface area contributed by atoms with Gasteiger partial charge in [-0.1, -0.05) is 0 Å². The minimum absolute atomic E-state index is 0.00199. The van der Waals surface area contributed by atoms with Gasteiger partial charge in [-0.05, 0) is 85.5 Å². The summed E-state index contributed by atoms with van der Waals surface area (Å²) in [5.41, 5.74) is 0. The first kappa shape index (κ1) is 27.4. The second kappa shape index (κ2) is 9.92. The molecule has 0 fully saturated rings. The summed E-state index contributed by atoms with van der Waals surface area (Å²) >= 11 is 0. The molecule has 3 atom stereocenters. The van der Waals surface area contributed by atoms with Crippen molar-refractivity contribution in [3.8, 4) is 0 Å². The molecule has 0 N–H and O–H groups in total. The summed E-state index contributed by atoms with van der Waals surface area (Å²) < 4.78 is 25.6. The molecule has 0 aliphatic carbocycles. The lowest BCUT2D eigenvalue weighted by molar-refractivity contribution is -0.133. The van der Waals surface area contributed by atoms with Crippen LogP contribution >= 0.6 is 0 Å². The average Bonchev–Trinajstić information content (AvgIpc) is 2.34. The van der Waals surface area contributed by atoms with Crippen molar-refractivity contribution in [3.63, 3.8) is 0 Å². The van der Waals surface area contributed by atoms with Crippen LogP contribution in [0.15, 0.2) is 0 Å². The Morgan fingerprint density at radius 1 is 0.667 bits per heavy atom. The third-order valence-electron chi connectivity index (χ3n) is 3.22. The SMILES string of the molecule is CC(=O)[C@@H](O[Si](C)(C)C)[C@@H](O[Si](C)(C)C)[C@@H](CO[Si](C)(C)C)O[Si](C)(C)C. The molecule has 0 heterocycles. The Morgan fingerprint density at radius 2 is 1.07 bits per heavy atom. The minimum Gasteiger partial charge on any atom is -0.415 e. The van der Waals surface area contributed by atoms with E-state index >= 15 is 0 Å². The molecule has 162 valence electrons. The normalized spacial score (nSPS) is 17.5. The maximum absolute atomic E-state index is 12.6. The molecule has 0 bridgehead atoms. The van der Waals surface area contributed by atoms with Gasteiger partial charge >= 0.3 is 0 Å². The van der Waals surface area contributed by atoms with Crippen LogP contribution in [-0.4, -0.2) is 64.0 Å². The lowest BCUT2D eigenvalue weighted by atomic mass is 10.1. The molecule has 0 radical (unpaired) electrons. The second-order valence-electron chi connectivity index (χ2n) is 11.1. The maximum atomic E-state index is 12.6. The van der Waals surface area contributed by atoms with Crippen LogP contribution in [0.2, 0.25) is 78.6 Å². The number of ketones is 1. The first-order valence-corrected chi connectivity index (χ1v) is 23.5. The van der Waals surface area contributed by atoms with E-state index in [0.717, 1.165) is 0 Å². The smallest absolute Gasteiger partial charge is 0.184 e. The predicted octanol–water partition coefficient (Wildman–Crippen LogP) is 5.09. The first-order chi connectivity index (χ1) is 11.7. The summed E-state index contributed by atoms with van der Waals surface area (Å²) in [5.74, 6) is -0.00199. The van der Waals surface area contributed by atoms with Gasteiger partial charge in [0.1, 0.15) is 12.2 Å². The van der Waals surface area contributed by atoms with Gasteiger partial charge in [0.05, 0.1) is 12.7 Å². The largest absolute Gasteiger partial charge is 0.415 e. The molecule has 0 spiro atoms. The highest BCUT2D eigenvalue weighted by Crippen LogP contribution is 2.25. The molecule has 0 unspecified atom stereocenters. The van der Waals surface area contributed by atoms with Crippen LogP contribution in [0.1, 0.15) is 6.92 Å². The highest BCUT2D eigenvalue weighted by Gasteiger charge is 2.42. The molecule has 0 saturated heterocycles. The van der Waals surface area contributed by atoms with Crippen LogP contribution in [0.4, 0.5) is 0 Å². The maximum Gasteiger partial charge on any atom is 0.184 e. The second-order valence-corrected chi connectivity index (χ2v) is 29.0. The van der Waals surface area contributed by atoms with Gasteiger partial charge in [0.25, 0.3) is 0 Å². The van der Waals surface area contributed by atoms with E-state index in [1.54, 1.807) is 6.92 Å². The van der Waals surface area contributed by atoms with Gasteiger partial charge in [-0.25, -0.2) is 0 Å². The predicted molar refractivity (Wildman–Crippen MR) is 125 cm³/mol. The summed E-state index contributed by atoms with van der Waals surface area (Å²) in [6, 6.07) is 0. The molecule has 0 aromatic carbocycles. The third-order valence-corrected chi connectivity index (χ3v) is 7.20. The van der Waals surface area contributed by atoms with Crippen LogP contribution in [0.5, 0.6) is 0 Å². The Labute approximate surface area is 172 Å². The fourth-order valence-corrected chi connectivity index (χ4v) is 6.41. The van der Waals surface area contributed by atoms with E-state index in [1.807, 2.05) is 0 Å². The zero-order valence-corrected chi connectivity index (χ0v) is 24.0. The van der Waals surface area contributed by atoms with Crippen molar-refractivity contribution in [2.24, 2.45) is 0 Å². The Bertz CT molecular complexity index is 472. The molecule has 5 nitrogen and oxygen atoms in total. The Hall–Kier alpha value is 0.378. The molecule has 0 amide bonds.